The number of carbonyl (C=O) groups excluding carboxylic acids is 4. The van der Waals surface area contributed by atoms with Crippen molar-refractivity contribution in [3.8, 4) is 0 Å². The lowest BCUT2D eigenvalue weighted by atomic mass is 9.81. The molecule has 2 bridgehead atoms. The zero-order valence-electron chi connectivity index (χ0n) is 34.7. The van der Waals surface area contributed by atoms with Crippen LogP contribution in [0.25, 0.3) is 0 Å². The average Bonchev–Trinajstić information content (AvgIpc) is 3.66. The molecule has 1 aliphatic carbocycles. The minimum Gasteiger partial charge on any atom is -0.456 e. The number of esters is 1. The molecule has 0 radical (unpaired) electrons. The maximum atomic E-state index is 14.2. The molecule has 4 rings (SSSR count). The number of carbonyl (C=O) groups is 4. The number of Topliss-reactive ketones (excluding diaryl/α,β-unsaturated/α-hetero) is 2. The number of amides is 1. The predicted octanol–water partition coefficient (Wildman–Crippen LogP) is 4.25. The van der Waals surface area contributed by atoms with Crippen LogP contribution in [0.3, 0.4) is 0 Å². The van der Waals surface area contributed by atoms with E-state index in [0.29, 0.717) is 50.5 Å². The zero-order valence-corrected chi connectivity index (χ0v) is 34.7. The first kappa shape index (κ1) is 45.9. The molecule has 3 N–H and O–H groups in total. The van der Waals surface area contributed by atoms with Crippen LogP contribution in [0.1, 0.15) is 98.8 Å². The third kappa shape index (κ3) is 10.6. The van der Waals surface area contributed by atoms with E-state index in [4.69, 9.17) is 23.7 Å². The maximum Gasteiger partial charge on any atom is 0.329 e. The molecular weight excluding hydrogens is 722 g/mol. The third-order valence-corrected chi connectivity index (χ3v) is 12.6. The van der Waals surface area contributed by atoms with Gasteiger partial charge in [-0.1, -0.05) is 44.6 Å². The highest BCUT2D eigenvalue weighted by Gasteiger charge is 2.57. The van der Waals surface area contributed by atoms with Crippen LogP contribution in [-0.4, -0.2) is 126 Å². The topological polar surface area (TPSA) is 178 Å². The van der Waals surface area contributed by atoms with Gasteiger partial charge < -0.3 is 43.9 Å². The molecule has 0 unspecified atom stereocenters. The van der Waals surface area contributed by atoms with Gasteiger partial charge in [-0.25, -0.2) is 4.79 Å². The lowest BCUT2D eigenvalue weighted by molar-refractivity contribution is -0.302. The van der Waals surface area contributed by atoms with Gasteiger partial charge in [-0.05, 0) is 89.0 Å². The van der Waals surface area contributed by atoms with Crippen LogP contribution in [0.4, 0.5) is 0 Å². The van der Waals surface area contributed by atoms with Gasteiger partial charge in [-0.3, -0.25) is 14.4 Å². The van der Waals surface area contributed by atoms with E-state index in [0.717, 1.165) is 10.5 Å². The molecular formula is C43H67NO12. The zero-order chi connectivity index (χ0) is 41.5. The minimum absolute atomic E-state index is 0.00899. The second-order valence-corrected chi connectivity index (χ2v) is 16.9. The summed E-state index contributed by atoms with van der Waals surface area (Å²) >= 11 is 0. The molecule has 1 amide bonds. The van der Waals surface area contributed by atoms with Gasteiger partial charge in [0.1, 0.15) is 24.0 Å². The van der Waals surface area contributed by atoms with Crippen LogP contribution < -0.4 is 0 Å². The summed E-state index contributed by atoms with van der Waals surface area (Å²) in [7, 11) is 4.60. The Bertz CT molecular complexity index is 1460. The van der Waals surface area contributed by atoms with Gasteiger partial charge in [-0.15, -0.1) is 6.58 Å². The van der Waals surface area contributed by atoms with Crippen molar-refractivity contribution in [2.75, 3.05) is 27.9 Å². The van der Waals surface area contributed by atoms with Crippen LogP contribution in [0, 0.1) is 29.6 Å². The normalized spacial score (nSPS) is 41.3. The van der Waals surface area contributed by atoms with Crippen LogP contribution >= 0.6 is 0 Å². The minimum atomic E-state index is -2.51. The summed E-state index contributed by atoms with van der Waals surface area (Å²) in [6.07, 6.45) is 4.23. The summed E-state index contributed by atoms with van der Waals surface area (Å²) in [5.74, 6) is -7.76. The van der Waals surface area contributed by atoms with Gasteiger partial charge in [-0.2, -0.15) is 0 Å². The quantitative estimate of drug-likeness (QED) is 0.190. The number of aliphatic hydroxyl groups excluding tert-OH is 2. The molecule has 13 heteroatoms. The standard InChI is InChI=1S/C43H67NO12/c1-10-12-30-18-24(2)17-25(3)19-36(53-8)39-37(54-9)21-27(5)43(51,56-39)40(48)41(49)44-16-11-13-31(44)42(50)55-38(28(6)33(46)23-34(30)47)26(4)20-29-14-15-32(45)35(22-29)52-7/h10,18,20,25,27-33,35-39,45-46,51H,1,11-17,19,21-23H2,2-9H3/b24-18+,26-20+/t25-,27+,28+,29-,30+,31-,32+,33-,35+,36-,37-,38+,39+,43+/m0/s1. The number of allylic oxidation sites excluding steroid dienone is 4. The Labute approximate surface area is 332 Å². The number of fused-ring (bicyclic) bond motifs is 3. The van der Waals surface area contributed by atoms with Gasteiger partial charge >= 0.3 is 5.97 Å². The van der Waals surface area contributed by atoms with E-state index in [1.165, 1.54) is 14.2 Å². The Morgan fingerprint density at radius 1 is 0.946 bits per heavy atom. The summed E-state index contributed by atoms with van der Waals surface area (Å²) in [6.45, 7) is 13.1. The van der Waals surface area contributed by atoms with Gasteiger partial charge in [0, 0.05) is 52.0 Å². The molecule has 13 nitrogen and oxygen atoms in total. The SMILES string of the molecule is C=CC[C@@H]1/C=C(\C)C[C@H](C)C[C@H](OC)[C@H]2O[C@@](O)(C(=O)C(=O)N3CCC[C@H]3C(=O)O[C@H](/C(C)=C/[C@@H]3CC[C@@H](O)[C@H](OC)C3)[C@H](C)[C@@H](O)CC1=O)[C@H](C)C[C@@H]2OC. The van der Waals surface area contributed by atoms with E-state index in [1.807, 2.05) is 26.0 Å². The highest BCUT2D eigenvalue weighted by atomic mass is 16.7. The number of hydrogen-bond acceptors (Lipinski definition) is 12. The van der Waals surface area contributed by atoms with Crippen molar-refractivity contribution in [3.05, 3.63) is 36.0 Å². The summed E-state index contributed by atoms with van der Waals surface area (Å²) in [4.78, 5) is 57.3. The number of ketones is 2. The molecule has 0 aromatic heterocycles. The second kappa shape index (κ2) is 20.3. The third-order valence-electron chi connectivity index (χ3n) is 12.6. The molecule has 0 aromatic rings. The van der Waals surface area contributed by atoms with Crippen LogP contribution in [0.15, 0.2) is 36.0 Å². The summed E-state index contributed by atoms with van der Waals surface area (Å²) in [5.41, 5.74) is 1.61. The number of ether oxygens (including phenoxy) is 5. The maximum absolute atomic E-state index is 14.2. The number of cyclic esters (lactones) is 1. The highest BCUT2D eigenvalue weighted by Crippen LogP contribution is 2.39. The van der Waals surface area contributed by atoms with Gasteiger partial charge in [0.25, 0.3) is 11.7 Å². The summed E-state index contributed by atoms with van der Waals surface area (Å²) < 4.78 is 29.6. The Kier molecular flexibility index (Phi) is 16.6. The van der Waals surface area contributed by atoms with Crippen molar-refractivity contribution in [1.82, 2.24) is 4.90 Å². The Morgan fingerprint density at radius 2 is 1.61 bits per heavy atom. The Hall–Kier alpha value is -2.78. The Morgan fingerprint density at radius 3 is 2.25 bits per heavy atom. The largest absolute Gasteiger partial charge is 0.456 e. The fraction of sp³-hybridized carbons (Fsp3) is 0.767. The summed E-state index contributed by atoms with van der Waals surface area (Å²) in [6, 6.07) is -1.13. The molecule has 2 saturated heterocycles. The molecule has 0 spiro atoms. The average molecular weight is 790 g/mol. The smallest absolute Gasteiger partial charge is 0.329 e. The number of nitrogens with zero attached hydrogens (tertiary/aromatic N) is 1. The molecule has 1 saturated carbocycles. The number of methoxy groups -OCH3 is 3. The number of aliphatic hydroxyl groups is 3. The van der Waals surface area contributed by atoms with Gasteiger partial charge in [0.2, 0.25) is 5.79 Å². The molecule has 316 valence electrons. The van der Waals surface area contributed by atoms with Crippen LogP contribution in [0.2, 0.25) is 0 Å². The van der Waals surface area contributed by atoms with Crippen molar-refractivity contribution in [3.63, 3.8) is 0 Å². The van der Waals surface area contributed by atoms with Crippen molar-refractivity contribution in [1.29, 1.82) is 0 Å². The number of rotatable bonds is 7. The first-order valence-electron chi connectivity index (χ1n) is 20.4. The Balaban J connectivity index is 1.76. The lowest BCUT2D eigenvalue weighted by Gasteiger charge is -2.46. The van der Waals surface area contributed by atoms with E-state index >= 15 is 0 Å². The van der Waals surface area contributed by atoms with Crippen LogP contribution in [0.5, 0.6) is 0 Å². The first-order chi connectivity index (χ1) is 26.5. The molecule has 14 atom stereocenters. The van der Waals surface area contributed by atoms with E-state index in [-0.39, 0.29) is 49.5 Å². The highest BCUT2D eigenvalue weighted by molar-refractivity contribution is 6.39. The van der Waals surface area contributed by atoms with Crippen molar-refractivity contribution in [2.24, 2.45) is 29.6 Å². The number of hydrogen-bond donors (Lipinski definition) is 3. The second-order valence-electron chi connectivity index (χ2n) is 16.9. The molecule has 4 aliphatic rings. The summed E-state index contributed by atoms with van der Waals surface area (Å²) in [5, 5.41) is 34.0. The predicted molar refractivity (Wildman–Crippen MR) is 208 cm³/mol. The lowest BCUT2D eigenvalue weighted by Crippen LogP contribution is -2.63. The monoisotopic (exact) mass is 789 g/mol. The fourth-order valence-electron chi connectivity index (χ4n) is 9.26. The molecule has 3 aliphatic heterocycles. The van der Waals surface area contributed by atoms with Gasteiger partial charge in [0.15, 0.2) is 0 Å². The molecule has 0 aromatic carbocycles. The first-order valence-corrected chi connectivity index (χ1v) is 20.4. The van der Waals surface area contributed by atoms with E-state index in [2.05, 4.69) is 6.58 Å². The van der Waals surface area contributed by atoms with Crippen molar-refractivity contribution < 1.29 is 58.2 Å². The van der Waals surface area contributed by atoms with E-state index in [9.17, 15) is 34.5 Å². The molecule has 3 fully saturated rings. The van der Waals surface area contributed by atoms with Crippen LogP contribution in [-0.2, 0) is 42.9 Å². The van der Waals surface area contributed by atoms with E-state index in [1.54, 1.807) is 34.0 Å². The van der Waals surface area contributed by atoms with Crippen molar-refractivity contribution in [2.45, 2.75) is 153 Å². The molecule has 3 heterocycles. The fourth-order valence-corrected chi connectivity index (χ4v) is 9.26. The molecule has 56 heavy (non-hydrogen) atoms. The van der Waals surface area contributed by atoms with Gasteiger partial charge in [0.05, 0.1) is 30.5 Å². The van der Waals surface area contributed by atoms with Crippen molar-refractivity contribution >= 4 is 23.4 Å². The van der Waals surface area contributed by atoms with E-state index < -0.39 is 83.9 Å².